The summed E-state index contributed by atoms with van der Waals surface area (Å²) in [6, 6.07) is 10.3. The van der Waals surface area contributed by atoms with Crippen molar-refractivity contribution in [1.82, 2.24) is 24.9 Å². The number of guanidine groups is 1. The minimum Gasteiger partial charge on any atom is -0.450 e. The van der Waals surface area contributed by atoms with Gasteiger partial charge in [0, 0.05) is 51.5 Å². The third kappa shape index (κ3) is 6.62. The van der Waals surface area contributed by atoms with Gasteiger partial charge in [0.25, 0.3) is 0 Å². The Morgan fingerprint density at radius 1 is 1.14 bits per heavy atom. The van der Waals surface area contributed by atoms with Gasteiger partial charge in [0.2, 0.25) is 0 Å². The van der Waals surface area contributed by atoms with Gasteiger partial charge in [-0.3, -0.25) is 9.67 Å². The molecule has 1 amide bonds. The van der Waals surface area contributed by atoms with Crippen LogP contribution < -0.4 is 5.32 Å². The fourth-order valence-corrected chi connectivity index (χ4v) is 3.18. The number of nitrogens with zero attached hydrogens (tertiary/aromatic N) is 5. The molecule has 0 aliphatic carbocycles. The first-order valence-corrected chi connectivity index (χ1v) is 9.62. The third-order valence-electron chi connectivity index (χ3n) is 4.64. The molecule has 0 spiro atoms. The van der Waals surface area contributed by atoms with E-state index in [-0.39, 0.29) is 30.1 Å². The number of hydrogen-bond donors (Lipinski definition) is 1. The summed E-state index contributed by atoms with van der Waals surface area (Å²) in [6.07, 6.45) is 3.68. The lowest BCUT2D eigenvalue weighted by Gasteiger charge is -2.35. The number of carbonyl (C=O) groups is 1. The summed E-state index contributed by atoms with van der Waals surface area (Å²) in [7, 11) is 1.78. The zero-order valence-corrected chi connectivity index (χ0v) is 19.3. The molecule has 0 atom stereocenters. The highest BCUT2D eigenvalue weighted by Crippen LogP contribution is 2.06. The van der Waals surface area contributed by atoms with Crippen LogP contribution in [0.2, 0.25) is 0 Å². The molecule has 1 aliphatic rings. The second-order valence-electron chi connectivity index (χ2n) is 6.61. The number of rotatable bonds is 5. The van der Waals surface area contributed by atoms with Crippen molar-refractivity contribution < 1.29 is 9.53 Å². The van der Waals surface area contributed by atoms with Gasteiger partial charge in [0.1, 0.15) is 0 Å². The summed E-state index contributed by atoms with van der Waals surface area (Å²) in [6.45, 7) is 6.35. The van der Waals surface area contributed by atoms with E-state index in [0.717, 1.165) is 31.2 Å². The molecular formula is C20H29IN6O2. The number of hydrogen-bond acceptors (Lipinski definition) is 4. The Morgan fingerprint density at radius 2 is 1.83 bits per heavy atom. The van der Waals surface area contributed by atoms with E-state index in [1.807, 2.05) is 42.2 Å². The van der Waals surface area contributed by atoms with Crippen LogP contribution in [-0.4, -0.2) is 71.5 Å². The number of carbonyl (C=O) groups excluding carboxylic acids is 1. The largest absolute Gasteiger partial charge is 0.450 e. The van der Waals surface area contributed by atoms with Gasteiger partial charge in [0.15, 0.2) is 5.96 Å². The quantitative estimate of drug-likeness (QED) is 0.379. The maximum atomic E-state index is 11.8. The normalized spacial score (nSPS) is 14.3. The predicted octanol–water partition coefficient (Wildman–Crippen LogP) is 2.40. The van der Waals surface area contributed by atoms with Crippen LogP contribution in [0.4, 0.5) is 4.79 Å². The fraction of sp³-hybridized carbons (Fsp3) is 0.450. The van der Waals surface area contributed by atoms with Crippen LogP contribution in [0, 0.1) is 0 Å². The van der Waals surface area contributed by atoms with Gasteiger partial charge < -0.3 is 19.9 Å². The molecule has 2 heterocycles. The summed E-state index contributed by atoms with van der Waals surface area (Å²) in [4.78, 5) is 20.1. The van der Waals surface area contributed by atoms with Gasteiger partial charge in [-0.25, -0.2) is 4.79 Å². The molecule has 1 aromatic heterocycles. The minimum absolute atomic E-state index is 0. The van der Waals surface area contributed by atoms with Crippen LogP contribution in [0.5, 0.6) is 0 Å². The van der Waals surface area contributed by atoms with Crippen LogP contribution >= 0.6 is 24.0 Å². The van der Waals surface area contributed by atoms with Crippen molar-refractivity contribution in [2.45, 2.75) is 20.0 Å². The molecule has 158 valence electrons. The molecule has 1 fully saturated rings. The Balaban J connectivity index is 0.00000300. The highest BCUT2D eigenvalue weighted by atomic mass is 127. The summed E-state index contributed by atoms with van der Waals surface area (Å²) in [5, 5.41) is 7.83. The van der Waals surface area contributed by atoms with Crippen LogP contribution in [0.15, 0.2) is 47.7 Å². The van der Waals surface area contributed by atoms with E-state index in [0.29, 0.717) is 26.2 Å². The van der Waals surface area contributed by atoms with Crippen LogP contribution in [-0.2, 0) is 17.8 Å². The number of ether oxygens (including phenoxy) is 1. The molecule has 1 saturated heterocycles. The van der Waals surface area contributed by atoms with Crippen molar-refractivity contribution >= 4 is 36.0 Å². The predicted molar refractivity (Wildman–Crippen MR) is 124 cm³/mol. The lowest BCUT2D eigenvalue weighted by Crippen LogP contribution is -2.53. The number of aliphatic imine (C=N–C) groups is 1. The van der Waals surface area contributed by atoms with E-state index in [1.165, 1.54) is 5.56 Å². The third-order valence-corrected chi connectivity index (χ3v) is 4.64. The van der Waals surface area contributed by atoms with Crippen molar-refractivity contribution in [1.29, 1.82) is 0 Å². The molecule has 1 N–H and O–H groups in total. The smallest absolute Gasteiger partial charge is 0.409 e. The Kier molecular flexibility index (Phi) is 9.23. The Hall–Kier alpha value is -2.30. The van der Waals surface area contributed by atoms with E-state index >= 15 is 0 Å². The first-order chi connectivity index (χ1) is 13.7. The molecule has 0 saturated carbocycles. The van der Waals surface area contributed by atoms with Crippen molar-refractivity contribution in [2.75, 3.05) is 39.8 Å². The molecule has 2 aromatic rings. The molecule has 29 heavy (non-hydrogen) atoms. The first-order valence-electron chi connectivity index (χ1n) is 9.62. The van der Waals surface area contributed by atoms with E-state index in [2.05, 4.69) is 32.4 Å². The Bertz CT molecular complexity index is 787. The highest BCUT2D eigenvalue weighted by molar-refractivity contribution is 14.0. The van der Waals surface area contributed by atoms with E-state index in [4.69, 9.17) is 4.74 Å². The van der Waals surface area contributed by atoms with Crippen LogP contribution in [0.1, 0.15) is 18.1 Å². The number of halogens is 1. The topological polar surface area (TPSA) is 75.0 Å². The number of aromatic nitrogens is 2. The number of piperazine rings is 1. The molecule has 0 bridgehead atoms. The zero-order valence-electron chi connectivity index (χ0n) is 17.0. The SMILES string of the molecule is CCOC(=O)N1CCN(C(=NC)NCc2cnn(Cc3ccccc3)c2)CC1.I. The fourth-order valence-electron chi connectivity index (χ4n) is 3.18. The number of nitrogens with one attached hydrogen (secondary N) is 1. The summed E-state index contributed by atoms with van der Waals surface area (Å²) in [5.74, 6) is 0.833. The van der Waals surface area contributed by atoms with Crippen molar-refractivity contribution in [3.63, 3.8) is 0 Å². The lowest BCUT2D eigenvalue weighted by atomic mass is 10.2. The van der Waals surface area contributed by atoms with Crippen molar-refractivity contribution in [2.24, 2.45) is 4.99 Å². The average Bonchev–Trinajstić information content (AvgIpc) is 3.17. The molecule has 8 nitrogen and oxygen atoms in total. The highest BCUT2D eigenvalue weighted by Gasteiger charge is 2.23. The lowest BCUT2D eigenvalue weighted by molar-refractivity contribution is 0.0914. The zero-order chi connectivity index (χ0) is 19.8. The van der Waals surface area contributed by atoms with E-state index < -0.39 is 0 Å². The number of benzene rings is 1. The Morgan fingerprint density at radius 3 is 2.48 bits per heavy atom. The molecule has 9 heteroatoms. The maximum absolute atomic E-state index is 11.8. The second kappa shape index (κ2) is 11.6. The van der Waals surface area contributed by atoms with Gasteiger partial charge in [-0.2, -0.15) is 5.10 Å². The first kappa shape index (κ1) is 23.0. The van der Waals surface area contributed by atoms with Crippen molar-refractivity contribution in [3.05, 3.63) is 53.9 Å². The van der Waals surface area contributed by atoms with Gasteiger partial charge >= 0.3 is 6.09 Å². The van der Waals surface area contributed by atoms with Crippen molar-refractivity contribution in [3.8, 4) is 0 Å². The van der Waals surface area contributed by atoms with Gasteiger partial charge in [-0.05, 0) is 12.5 Å². The van der Waals surface area contributed by atoms with Crippen LogP contribution in [0.3, 0.4) is 0 Å². The summed E-state index contributed by atoms with van der Waals surface area (Å²) >= 11 is 0. The minimum atomic E-state index is -0.240. The molecule has 0 unspecified atom stereocenters. The number of amides is 1. The van der Waals surface area contributed by atoms with Crippen LogP contribution in [0.25, 0.3) is 0 Å². The summed E-state index contributed by atoms with van der Waals surface area (Å²) in [5.41, 5.74) is 2.32. The Labute approximate surface area is 188 Å². The van der Waals surface area contributed by atoms with Gasteiger partial charge in [0.05, 0.1) is 19.3 Å². The monoisotopic (exact) mass is 512 g/mol. The molecular weight excluding hydrogens is 483 g/mol. The van der Waals surface area contributed by atoms with E-state index in [9.17, 15) is 4.79 Å². The van der Waals surface area contributed by atoms with Gasteiger partial charge in [-0.1, -0.05) is 30.3 Å². The summed E-state index contributed by atoms with van der Waals surface area (Å²) < 4.78 is 7.00. The maximum Gasteiger partial charge on any atom is 0.409 e. The molecule has 0 radical (unpaired) electrons. The molecule has 3 rings (SSSR count). The van der Waals surface area contributed by atoms with Gasteiger partial charge in [-0.15, -0.1) is 24.0 Å². The average molecular weight is 512 g/mol. The molecule has 1 aromatic carbocycles. The standard InChI is InChI=1S/C20H28N6O2.HI/c1-3-28-20(27)25-11-9-24(10-12-25)19(21-2)22-13-18-14-23-26(16-18)15-17-7-5-4-6-8-17;/h4-8,14,16H,3,9-13,15H2,1-2H3,(H,21,22);1H. The van der Waals surface area contributed by atoms with E-state index in [1.54, 1.807) is 11.9 Å². The molecule has 1 aliphatic heterocycles. The second-order valence-corrected chi connectivity index (χ2v) is 6.61.